The molecule has 0 aliphatic heterocycles. The SMILES string of the molecule is Nc1cc(Br)ccc1Oc1ncnc2nc[nH]c12. The summed E-state index contributed by atoms with van der Waals surface area (Å²) in [5, 5.41) is 0. The van der Waals surface area contributed by atoms with Crippen molar-refractivity contribution in [3.05, 3.63) is 35.3 Å². The van der Waals surface area contributed by atoms with Crippen LogP contribution < -0.4 is 10.5 Å². The molecule has 0 aliphatic carbocycles. The first kappa shape index (κ1) is 11.0. The minimum atomic E-state index is 0.395. The third-order valence-electron chi connectivity index (χ3n) is 2.37. The van der Waals surface area contributed by atoms with Gasteiger partial charge in [0.25, 0.3) is 0 Å². The maximum absolute atomic E-state index is 5.86. The van der Waals surface area contributed by atoms with E-state index in [0.29, 0.717) is 28.5 Å². The molecule has 3 N–H and O–H groups in total. The fraction of sp³-hybridized carbons (Fsp3) is 0. The molecule has 0 aliphatic rings. The number of hydrogen-bond acceptors (Lipinski definition) is 5. The van der Waals surface area contributed by atoms with Crippen LogP contribution in [0.25, 0.3) is 11.2 Å². The lowest BCUT2D eigenvalue weighted by molar-refractivity contribution is 0.469. The quantitative estimate of drug-likeness (QED) is 0.710. The minimum absolute atomic E-state index is 0.395. The number of rotatable bonds is 2. The van der Waals surface area contributed by atoms with Gasteiger partial charge >= 0.3 is 0 Å². The summed E-state index contributed by atoms with van der Waals surface area (Å²) in [7, 11) is 0. The summed E-state index contributed by atoms with van der Waals surface area (Å²) in [6.45, 7) is 0. The maximum atomic E-state index is 5.86. The number of aromatic nitrogens is 4. The van der Waals surface area contributed by atoms with E-state index in [2.05, 4.69) is 35.9 Å². The van der Waals surface area contributed by atoms with Crippen LogP contribution in [0.1, 0.15) is 0 Å². The van der Waals surface area contributed by atoms with Crippen LogP contribution in [-0.2, 0) is 0 Å². The van der Waals surface area contributed by atoms with Crippen LogP contribution >= 0.6 is 15.9 Å². The first-order chi connectivity index (χ1) is 8.74. The number of nitrogens with two attached hydrogens (primary N) is 1. The van der Waals surface area contributed by atoms with Crippen molar-refractivity contribution < 1.29 is 4.74 Å². The summed E-state index contributed by atoms with van der Waals surface area (Å²) < 4.78 is 6.56. The Hall–Kier alpha value is -2.15. The summed E-state index contributed by atoms with van der Waals surface area (Å²) in [6, 6.07) is 5.38. The predicted molar refractivity (Wildman–Crippen MR) is 70.3 cm³/mol. The topological polar surface area (TPSA) is 89.7 Å². The first-order valence-electron chi connectivity index (χ1n) is 5.11. The molecule has 3 aromatic rings. The van der Waals surface area contributed by atoms with Crippen molar-refractivity contribution in [2.24, 2.45) is 0 Å². The molecule has 2 heterocycles. The number of H-pyrrole nitrogens is 1. The molecule has 1 aromatic carbocycles. The summed E-state index contributed by atoms with van der Waals surface area (Å²) >= 11 is 3.34. The maximum Gasteiger partial charge on any atom is 0.248 e. The van der Waals surface area contributed by atoms with Gasteiger partial charge in [0.2, 0.25) is 5.88 Å². The number of hydrogen-bond donors (Lipinski definition) is 2. The van der Waals surface area contributed by atoms with Crippen LogP contribution in [-0.4, -0.2) is 19.9 Å². The van der Waals surface area contributed by atoms with E-state index in [4.69, 9.17) is 10.5 Å². The molecule has 3 rings (SSSR count). The Morgan fingerprint density at radius 3 is 2.94 bits per heavy atom. The van der Waals surface area contributed by atoms with Crippen molar-refractivity contribution in [3.63, 3.8) is 0 Å². The second kappa shape index (κ2) is 4.26. The van der Waals surface area contributed by atoms with Gasteiger partial charge in [-0.05, 0) is 18.2 Å². The van der Waals surface area contributed by atoms with Crippen LogP contribution in [0.2, 0.25) is 0 Å². The molecule has 0 unspecified atom stereocenters. The van der Waals surface area contributed by atoms with Crippen LogP contribution in [0, 0.1) is 0 Å². The predicted octanol–water partition coefficient (Wildman–Crippen LogP) is 2.49. The van der Waals surface area contributed by atoms with Crippen molar-refractivity contribution in [1.82, 2.24) is 19.9 Å². The summed E-state index contributed by atoms with van der Waals surface area (Å²) in [4.78, 5) is 15.0. The van der Waals surface area contributed by atoms with Crippen molar-refractivity contribution in [1.29, 1.82) is 0 Å². The lowest BCUT2D eigenvalue weighted by Gasteiger charge is -2.07. The zero-order valence-corrected chi connectivity index (χ0v) is 10.7. The van der Waals surface area contributed by atoms with E-state index < -0.39 is 0 Å². The molecule has 90 valence electrons. The van der Waals surface area contributed by atoms with Gasteiger partial charge in [-0.3, -0.25) is 0 Å². The minimum Gasteiger partial charge on any atom is -0.435 e. The highest BCUT2D eigenvalue weighted by Gasteiger charge is 2.09. The van der Waals surface area contributed by atoms with E-state index >= 15 is 0 Å². The third kappa shape index (κ3) is 1.88. The Bertz CT molecular complexity index is 711. The molecule has 0 fully saturated rings. The molecule has 0 saturated heterocycles. The highest BCUT2D eigenvalue weighted by Crippen LogP contribution is 2.30. The van der Waals surface area contributed by atoms with Crippen LogP contribution in [0.15, 0.2) is 35.3 Å². The van der Waals surface area contributed by atoms with Gasteiger partial charge in [0.05, 0.1) is 12.0 Å². The molecule has 7 heteroatoms. The van der Waals surface area contributed by atoms with Crippen molar-refractivity contribution in [3.8, 4) is 11.6 Å². The molecule has 6 nitrogen and oxygen atoms in total. The van der Waals surface area contributed by atoms with Gasteiger partial charge in [0.1, 0.15) is 11.8 Å². The largest absolute Gasteiger partial charge is 0.435 e. The Morgan fingerprint density at radius 2 is 2.11 bits per heavy atom. The number of aromatic amines is 1. The van der Waals surface area contributed by atoms with Gasteiger partial charge < -0.3 is 15.5 Å². The van der Waals surface area contributed by atoms with Crippen molar-refractivity contribution >= 4 is 32.8 Å². The average Bonchev–Trinajstić information content (AvgIpc) is 2.82. The number of imidazole rings is 1. The van der Waals surface area contributed by atoms with Crippen molar-refractivity contribution in [2.45, 2.75) is 0 Å². The Labute approximate surface area is 110 Å². The zero-order chi connectivity index (χ0) is 12.5. The number of nitrogens with zero attached hydrogens (tertiary/aromatic N) is 3. The monoisotopic (exact) mass is 305 g/mol. The number of nitrogens with one attached hydrogen (secondary N) is 1. The van der Waals surface area contributed by atoms with E-state index in [1.165, 1.54) is 12.7 Å². The number of ether oxygens (including phenoxy) is 1. The smallest absolute Gasteiger partial charge is 0.248 e. The number of fused-ring (bicyclic) bond motifs is 1. The molecule has 0 spiro atoms. The second-order valence-electron chi connectivity index (χ2n) is 3.56. The first-order valence-corrected chi connectivity index (χ1v) is 5.90. The van der Waals surface area contributed by atoms with Gasteiger partial charge in [-0.2, -0.15) is 4.98 Å². The molecule has 0 saturated carbocycles. The summed E-state index contributed by atoms with van der Waals surface area (Å²) in [5.74, 6) is 0.930. The number of anilines is 1. The van der Waals surface area contributed by atoms with Gasteiger partial charge in [-0.1, -0.05) is 15.9 Å². The Morgan fingerprint density at radius 1 is 1.22 bits per heavy atom. The highest BCUT2D eigenvalue weighted by molar-refractivity contribution is 9.10. The van der Waals surface area contributed by atoms with Gasteiger partial charge in [0, 0.05) is 4.47 Å². The molecule has 0 bridgehead atoms. The molecule has 0 radical (unpaired) electrons. The zero-order valence-electron chi connectivity index (χ0n) is 9.09. The van der Waals surface area contributed by atoms with E-state index in [1.807, 2.05) is 6.07 Å². The number of nitrogen functional groups attached to an aromatic ring is 1. The third-order valence-corrected chi connectivity index (χ3v) is 2.86. The normalized spacial score (nSPS) is 10.7. The summed E-state index contributed by atoms with van der Waals surface area (Å²) in [6.07, 6.45) is 2.94. The van der Waals surface area contributed by atoms with Crippen LogP contribution in [0.5, 0.6) is 11.6 Å². The fourth-order valence-electron chi connectivity index (χ4n) is 1.54. The van der Waals surface area contributed by atoms with E-state index in [0.717, 1.165) is 4.47 Å². The van der Waals surface area contributed by atoms with Crippen molar-refractivity contribution in [2.75, 3.05) is 5.73 Å². The fourth-order valence-corrected chi connectivity index (χ4v) is 1.92. The number of halogens is 1. The Kier molecular flexibility index (Phi) is 2.60. The second-order valence-corrected chi connectivity index (χ2v) is 4.48. The molecule has 0 amide bonds. The number of benzene rings is 1. The van der Waals surface area contributed by atoms with E-state index in [-0.39, 0.29) is 0 Å². The van der Waals surface area contributed by atoms with Gasteiger partial charge in [0.15, 0.2) is 11.4 Å². The molecule has 2 aromatic heterocycles. The van der Waals surface area contributed by atoms with Gasteiger partial charge in [-0.25, -0.2) is 9.97 Å². The molecular weight excluding hydrogens is 298 g/mol. The summed E-state index contributed by atoms with van der Waals surface area (Å²) in [5.41, 5.74) is 7.58. The highest BCUT2D eigenvalue weighted by atomic mass is 79.9. The Balaban J connectivity index is 2.03. The molecule has 0 atom stereocenters. The molecule has 18 heavy (non-hydrogen) atoms. The van der Waals surface area contributed by atoms with E-state index in [9.17, 15) is 0 Å². The van der Waals surface area contributed by atoms with Crippen LogP contribution in [0.4, 0.5) is 5.69 Å². The van der Waals surface area contributed by atoms with Crippen LogP contribution in [0.3, 0.4) is 0 Å². The average molecular weight is 306 g/mol. The van der Waals surface area contributed by atoms with Gasteiger partial charge in [-0.15, -0.1) is 0 Å². The lowest BCUT2D eigenvalue weighted by atomic mass is 10.3. The lowest BCUT2D eigenvalue weighted by Crippen LogP contribution is -1.95. The molecular formula is C11H8BrN5O. The van der Waals surface area contributed by atoms with E-state index in [1.54, 1.807) is 12.1 Å². The standard InChI is InChI=1S/C11H8BrN5O/c12-6-1-2-8(7(13)3-6)18-11-9-10(15-4-14-9)16-5-17-11/h1-5H,13H2,(H,14,15,16,17).